The zero-order chi connectivity index (χ0) is 18.1. The Bertz CT molecular complexity index is 904. The fourth-order valence-corrected chi connectivity index (χ4v) is 3.61. The second kappa shape index (κ2) is 6.71. The number of phenols is 1. The maximum absolute atomic E-state index is 13.4. The number of phenolic OH excluding ortho intramolecular Hbond substituents is 1. The molecule has 26 heavy (non-hydrogen) atoms. The van der Waals surface area contributed by atoms with Gasteiger partial charge in [0.05, 0.1) is 13.7 Å². The first-order valence-electron chi connectivity index (χ1n) is 8.51. The van der Waals surface area contributed by atoms with Crippen molar-refractivity contribution in [3.05, 3.63) is 89.2 Å². The first kappa shape index (κ1) is 16.5. The first-order valence-corrected chi connectivity index (χ1v) is 8.51. The van der Waals surface area contributed by atoms with E-state index in [0.717, 1.165) is 28.2 Å². The lowest BCUT2D eigenvalue weighted by molar-refractivity contribution is 0.247. The highest BCUT2D eigenvalue weighted by atomic mass is 19.1. The number of benzene rings is 3. The van der Waals surface area contributed by atoms with E-state index in [-0.39, 0.29) is 23.4 Å². The van der Waals surface area contributed by atoms with Gasteiger partial charge in [0, 0.05) is 23.5 Å². The van der Waals surface area contributed by atoms with Crippen LogP contribution in [-0.4, -0.2) is 18.8 Å². The second-order valence-corrected chi connectivity index (χ2v) is 6.44. The predicted molar refractivity (Wildman–Crippen MR) is 97.6 cm³/mol. The highest BCUT2D eigenvalue weighted by molar-refractivity contribution is 5.51. The maximum Gasteiger partial charge on any atom is 0.126 e. The Labute approximate surface area is 151 Å². The first-order chi connectivity index (χ1) is 12.7. The van der Waals surface area contributed by atoms with E-state index in [9.17, 15) is 9.50 Å². The van der Waals surface area contributed by atoms with Gasteiger partial charge in [0.15, 0.2) is 0 Å². The van der Waals surface area contributed by atoms with E-state index in [1.165, 1.54) is 12.1 Å². The Morgan fingerprint density at radius 3 is 2.35 bits per heavy atom. The summed E-state index contributed by atoms with van der Waals surface area (Å²) in [4.78, 5) is 0. The number of halogens is 1. The number of hydrogen-bond acceptors (Lipinski definition) is 3. The summed E-state index contributed by atoms with van der Waals surface area (Å²) in [5.41, 5.74) is 3.15. The molecule has 0 bridgehead atoms. The van der Waals surface area contributed by atoms with Gasteiger partial charge in [-0.3, -0.25) is 0 Å². The molecule has 4 rings (SSSR count). The summed E-state index contributed by atoms with van der Waals surface area (Å²) in [5.74, 6) is 1.59. The van der Waals surface area contributed by atoms with Crippen LogP contribution in [0.5, 0.6) is 17.2 Å². The van der Waals surface area contributed by atoms with Crippen LogP contribution in [0.25, 0.3) is 0 Å². The molecule has 1 N–H and O–H groups in total. The molecular formula is C22H19FO3. The molecule has 0 fully saturated rings. The average Bonchev–Trinajstić information content (AvgIpc) is 2.68. The van der Waals surface area contributed by atoms with Crippen LogP contribution in [0.2, 0.25) is 0 Å². The van der Waals surface area contributed by atoms with Gasteiger partial charge in [0.1, 0.15) is 23.1 Å². The van der Waals surface area contributed by atoms with Crippen molar-refractivity contribution in [3.63, 3.8) is 0 Å². The molecule has 3 aromatic rings. The van der Waals surface area contributed by atoms with Gasteiger partial charge < -0.3 is 14.6 Å². The average molecular weight is 350 g/mol. The Hall–Kier alpha value is -3.01. The van der Waals surface area contributed by atoms with Gasteiger partial charge in [0.25, 0.3) is 0 Å². The van der Waals surface area contributed by atoms with E-state index >= 15 is 0 Å². The van der Waals surface area contributed by atoms with Crippen molar-refractivity contribution in [3.8, 4) is 17.2 Å². The van der Waals surface area contributed by atoms with Crippen molar-refractivity contribution in [2.45, 2.75) is 11.8 Å². The monoisotopic (exact) mass is 350 g/mol. The van der Waals surface area contributed by atoms with Crippen LogP contribution in [0.15, 0.2) is 66.7 Å². The molecule has 0 amide bonds. The van der Waals surface area contributed by atoms with Crippen molar-refractivity contribution < 1.29 is 19.0 Å². The molecule has 132 valence electrons. The maximum atomic E-state index is 13.4. The SMILES string of the molecule is COc1ccc2c(c1)OC[C@@H](c1ccc(F)cc1)[C@H]2c1ccc(O)cc1. The molecule has 1 aliphatic heterocycles. The fourth-order valence-electron chi connectivity index (χ4n) is 3.61. The molecule has 0 saturated carbocycles. The lowest BCUT2D eigenvalue weighted by Crippen LogP contribution is -2.25. The van der Waals surface area contributed by atoms with Gasteiger partial charge in [-0.05, 0) is 41.5 Å². The van der Waals surface area contributed by atoms with E-state index in [4.69, 9.17) is 9.47 Å². The van der Waals surface area contributed by atoms with Crippen molar-refractivity contribution in [1.29, 1.82) is 0 Å². The van der Waals surface area contributed by atoms with Crippen molar-refractivity contribution in [2.24, 2.45) is 0 Å². The van der Waals surface area contributed by atoms with Crippen molar-refractivity contribution >= 4 is 0 Å². The van der Waals surface area contributed by atoms with Crippen LogP contribution in [-0.2, 0) is 0 Å². The van der Waals surface area contributed by atoms with Crippen LogP contribution in [0.4, 0.5) is 4.39 Å². The Morgan fingerprint density at radius 1 is 0.962 bits per heavy atom. The van der Waals surface area contributed by atoms with E-state index < -0.39 is 0 Å². The molecular weight excluding hydrogens is 331 g/mol. The van der Waals surface area contributed by atoms with Crippen LogP contribution < -0.4 is 9.47 Å². The zero-order valence-corrected chi connectivity index (χ0v) is 14.4. The Balaban J connectivity index is 1.83. The largest absolute Gasteiger partial charge is 0.508 e. The summed E-state index contributed by atoms with van der Waals surface area (Å²) in [6.45, 7) is 0.483. The fraction of sp³-hybridized carbons (Fsp3) is 0.182. The lowest BCUT2D eigenvalue weighted by atomic mass is 9.76. The number of rotatable bonds is 3. The van der Waals surface area contributed by atoms with Crippen molar-refractivity contribution in [1.82, 2.24) is 0 Å². The summed E-state index contributed by atoms with van der Waals surface area (Å²) >= 11 is 0. The number of ether oxygens (including phenoxy) is 2. The minimum Gasteiger partial charge on any atom is -0.508 e. The van der Waals surface area contributed by atoms with Crippen molar-refractivity contribution in [2.75, 3.05) is 13.7 Å². The van der Waals surface area contributed by atoms with Crippen LogP contribution in [0, 0.1) is 5.82 Å². The molecule has 3 nitrogen and oxygen atoms in total. The lowest BCUT2D eigenvalue weighted by Gasteiger charge is -2.34. The highest BCUT2D eigenvalue weighted by Gasteiger charge is 2.33. The molecule has 0 aromatic heterocycles. The third-order valence-electron chi connectivity index (χ3n) is 4.93. The summed E-state index contributed by atoms with van der Waals surface area (Å²) < 4.78 is 24.7. The summed E-state index contributed by atoms with van der Waals surface area (Å²) in [6, 6.07) is 19.6. The predicted octanol–water partition coefficient (Wildman–Crippen LogP) is 4.85. The second-order valence-electron chi connectivity index (χ2n) is 6.44. The molecule has 1 aliphatic rings. The number of hydrogen-bond donors (Lipinski definition) is 1. The third kappa shape index (κ3) is 2.99. The zero-order valence-electron chi connectivity index (χ0n) is 14.4. The molecule has 0 saturated heterocycles. The Morgan fingerprint density at radius 2 is 1.65 bits per heavy atom. The van der Waals surface area contributed by atoms with Crippen LogP contribution in [0.3, 0.4) is 0 Å². The number of fused-ring (bicyclic) bond motifs is 1. The molecule has 2 atom stereocenters. The number of aromatic hydroxyl groups is 1. The van der Waals surface area contributed by atoms with Gasteiger partial charge in [-0.25, -0.2) is 4.39 Å². The van der Waals surface area contributed by atoms with E-state index in [2.05, 4.69) is 0 Å². The summed E-state index contributed by atoms with van der Waals surface area (Å²) in [5, 5.41) is 9.65. The van der Waals surface area contributed by atoms with Gasteiger partial charge >= 0.3 is 0 Å². The van der Waals surface area contributed by atoms with Gasteiger partial charge in [-0.1, -0.05) is 30.3 Å². The van der Waals surface area contributed by atoms with Gasteiger partial charge in [0.2, 0.25) is 0 Å². The highest BCUT2D eigenvalue weighted by Crippen LogP contribution is 2.47. The van der Waals surface area contributed by atoms with E-state index in [1.54, 1.807) is 19.2 Å². The van der Waals surface area contributed by atoms with Crippen LogP contribution >= 0.6 is 0 Å². The number of methoxy groups -OCH3 is 1. The van der Waals surface area contributed by atoms with Gasteiger partial charge in [-0.15, -0.1) is 0 Å². The Kier molecular flexibility index (Phi) is 4.25. The molecule has 0 unspecified atom stereocenters. The van der Waals surface area contributed by atoms with E-state index in [0.29, 0.717) is 6.61 Å². The summed E-state index contributed by atoms with van der Waals surface area (Å²) in [6.07, 6.45) is 0. The molecule has 0 aliphatic carbocycles. The third-order valence-corrected chi connectivity index (χ3v) is 4.93. The summed E-state index contributed by atoms with van der Waals surface area (Å²) in [7, 11) is 1.63. The van der Waals surface area contributed by atoms with Gasteiger partial charge in [-0.2, -0.15) is 0 Å². The molecule has 1 heterocycles. The minimum absolute atomic E-state index is 0.0377. The standard InChI is InChI=1S/C22H19FO3/c1-25-18-10-11-19-21(12-18)26-13-20(14-2-6-16(23)7-3-14)22(19)15-4-8-17(24)9-5-15/h2-12,20,22,24H,13H2,1H3/t20-,22-/m0/s1. The molecule has 0 spiro atoms. The topological polar surface area (TPSA) is 38.7 Å². The van der Waals surface area contributed by atoms with Crippen LogP contribution in [0.1, 0.15) is 28.5 Å². The molecule has 4 heteroatoms. The smallest absolute Gasteiger partial charge is 0.126 e. The van der Waals surface area contributed by atoms with E-state index in [1.807, 2.05) is 42.5 Å². The normalized spacial score (nSPS) is 18.7. The molecule has 3 aromatic carbocycles. The minimum atomic E-state index is -0.253. The quantitative estimate of drug-likeness (QED) is 0.734. The molecule has 0 radical (unpaired) electrons.